The molecule has 21 heavy (non-hydrogen) atoms. The number of aryl methyl sites for hydroxylation is 2. The molecule has 1 atom stereocenters. The van der Waals surface area contributed by atoms with E-state index in [9.17, 15) is 14.7 Å². The van der Waals surface area contributed by atoms with Gasteiger partial charge in [0, 0.05) is 12.1 Å². The minimum Gasteiger partial charge on any atom is -0.480 e. The van der Waals surface area contributed by atoms with Crippen molar-refractivity contribution in [3.05, 3.63) is 33.9 Å². The number of hydrogen-bond donors (Lipinski definition) is 1. The van der Waals surface area contributed by atoms with Gasteiger partial charge in [0.2, 0.25) is 0 Å². The molecule has 0 bridgehead atoms. The average Bonchev–Trinajstić information content (AvgIpc) is 2.81. The number of likely N-dealkylation sites (tertiary alicyclic amines) is 1. The zero-order valence-corrected chi connectivity index (χ0v) is 13.2. The summed E-state index contributed by atoms with van der Waals surface area (Å²) in [6, 6.07) is 1.64. The molecule has 4 heteroatoms. The lowest BCUT2D eigenvalue weighted by Crippen LogP contribution is -2.35. The normalized spacial score (nSPS) is 19.0. The van der Waals surface area contributed by atoms with Crippen molar-refractivity contribution >= 4 is 11.8 Å². The number of benzene rings is 1. The maximum atomic E-state index is 11.9. The third-order valence-corrected chi connectivity index (χ3v) is 4.49. The zero-order chi connectivity index (χ0) is 15.7. The molecule has 1 N–H and O–H groups in total. The molecule has 1 fully saturated rings. The summed E-state index contributed by atoms with van der Waals surface area (Å²) in [5.41, 5.74) is 5.00. The van der Waals surface area contributed by atoms with Crippen molar-refractivity contribution < 1.29 is 14.7 Å². The Bertz CT molecular complexity index is 592. The fourth-order valence-electron chi connectivity index (χ4n) is 3.51. The molecule has 1 heterocycles. The zero-order valence-electron chi connectivity index (χ0n) is 13.2. The molecule has 1 aromatic carbocycles. The Kier molecular flexibility index (Phi) is 4.47. The van der Waals surface area contributed by atoms with Crippen LogP contribution in [0.15, 0.2) is 6.07 Å². The minimum absolute atomic E-state index is 0.0717. The fraction of sp³-hybridized carbons (Fsp3) is 0.529. The van der Waals surface area contributed by atoms with Crippen LogP contribution in [0.25, 0.3) is 0 Å². The Balaban J connectivity index is 2.38. The van der Waals surface area contributed by atoms with Gasteiger partial charge in [0.15, 0.2) is 5.78 Å². The Hall–Kier alpha value is -1.68. The summed E-state index contributed by atoms with van der Waals surface area (Å²) in [7, 11) is 0. The van der Waals surface area contributed by atoms with Gasteiger partial charge in [-0.15, -0.1) is 0 Å². The molecule has 114 valence electrons. The number of carbonyl (C=O) groups excluding carboxylic acids is 1. The molecule has 0 spiro atoms. The number of ketones is 1. The van der Waals surface area contributed by atoms with E-state index in [1.807, 2.05) is 31.7 Å². The number of Topliss-reactive ketones (excluding diaryl/α,β-unsaturated/α-hetero) is 1. The monoisotopic (exact) mass is 289 g/mol. The molecular formula is C17H23NO3. The second-order valence-electron chi connectivity index (χ2n) is 6.01. The molecule has 1 aliphatic heterocycles. The van der Waals surface area contributed by atoms with Crippen molar-refractivity contribution in [2.75, 3.05) is 6.54 Å². The van der Waals surface area contributed by atoms with Crippen LogP contribution in [0.3, 0.4) is 0 Å². The van der Waals surface area contributed by atoms with E-state index in [2.05, 4.69) is 0 Å². The molecule has 0 aromatic heterocycles. The lowest BCUT2D eigenvalue weighted by Gasteiger charge is -2.24. The predicted molar refractivity (Wildman–Crippen MR) is 81.7 cm³/mol. The van der Waals surface area contributed by atoms with Gasteiger partial charge >= 0.3 is 5.97 Å². The van der Waals surface area contributed by atoms with Crippen molar-refractivity contribution in [1.29, 1.82) is 0 Å². The highest BCUT2D eigenvalue weighted by Gasteiger charge is 2.31. The quantitative estimate of drug-likeness (QED) is 0.866. The molecule has 1 aliphatic rings. The third-order valence-electron chi connectivity index (χ3n) is 4.49. The first kappa shape index (κ1) is 15.7. The minimum atomic E-state index is -0.748. The van der Waals surface area contributed by atoms with Crippen LogP contribution in [0.4, 0.5) is 0 Å². The maximum absolute atomic E-state index is 11.9. The summed E-state index contributed by atoms with van der Waals surface area (Å²) in [4.78, 5) is 25.2. The highest BCUT2D eigenvalue weighted by molar-refractivity contribution is 5.97. The number of carbonyl (C=O) groups is 2. The van der Waals surface area contributed by atoms with E-state index in [0.29, 0.717) is 13.0 Å². The van der Waals surface area contributed by atoms with Crippen LogP contribution >= 0.6 is 0 Å². The molecule has 0 aliphatic carbocycles. The van der Waals surface area contributed by atoms with Crippen molar-refractivity contribution in [3.8, 4) is 0 Å². The van der Waals surface area contributed by atoms with E-state index in [4.69, 9.17) is 0 Å². The largest absolute Gasteiger partial charge is 0.480 e. The molecule has 1 saturated heterocycles. The van der Waals surface area contributed by atoms with E-state index in [1.165, 1.54) is 0 Å². The van der Waals surface area contributed by atoms with Gasteiger partial charge in [-0.1, -0.05) is 6.07 Å². The van der Waals surface area contributed by atoms with Crippen LogP contribution in [0.1, 0.15) is 52.4 Å². The van der Waals surface area contributed by atoms with Gasteiger partial charge in [0.05, 0.1) is 0 Å². The third kappa shape index (κ3) is 3.00. The highest BCUT2D eigenvalue weighted by atomic mass is 16.4. The number of aliphatic carboxylic acids is 1. The Morgan fingerprint density at radius 3 is 2.52 bits per heavy atom. The van der Waals surface area contributed by atoms with E-state index in [-0.39, 0.29) is 5.78 Å². The highest BCUT2D eigenvalue weighted by Crippen LogP contribution is 2.27. The molecule has 0 radical (unpaired) electrons. The summed E-state index contributed by atoms with van der Waals surface area (Å²) in [6.07, 6.45) is 1.62. The summed E-state index contributed by atoms with van der Waals surface area (Å²) < 4.78 is 0. The molecule has 1 aromatic rings. The first-order valence-corrected chi connectivity index (χ1v) is 7.40. The van der Waals surface area contributed by atoms with Gasteiger partial charge in [-0.25, -0.2) is 0 Å². The van der Waals surface area contributed by atoms with Crippen molar-refractivity contribution in [3.63, 3.8) is 0 Å². The van der Waals surface area contributed by atoms with Gasteiger partial charge in [-0.3, -0.25) is 14.5 Å². The fourth-order valence-corrected chi connectivity index (χ4v) is 3.51. The van der Waals surface area contributed by atoms with Gasteiger partial charge in [-0.2, -0.15) is 0 Å². The maximum Gasteiger partial charge on any atom is 0.320 e. The molecule has 0 saturated carbocycles. The van der Waals surface area contributed by atoms with Crippen LogP contribution in [0.2, 0.25) is 0 Å². The lowest BCUT2D eigenvalue weighted by atomic mass is 9.91. The van der Waals surface area contributed by atoms with Gasteiger partial charge < -0.3 is 5.11 Å². The molecular weight excluding hydrogens is 266 g/mol. The number of nitrogens with zero attached hydrogens (tertiary/aromatic N) is 1. The van der Waals surface area contributed by atoms with Gasteiger partial charge in [0.1, 0.15) is 6.04 Å². The summed E-state index contributed by atoms with van der Waals surface area (Å²) >= 11 is 0. The molecule has 4 nitrogen and oxygen atoms in total. The molecule has 2 rings (SSSR count). The molecule has 0 amide bonds. The summed E-state index contributed by atoms with van der Waals surface area (Å²) in [6.45, 7) is 8.96. The second-order valence-corrected chi connectivity index (χ2v) is 6.01. The van der Waals surface area contributed by atoms with Crippen LogP contribution in [-0.2, 0) is 11.3 Å². The van der Waals surface area contributed by atoms with Crippen LogP contribution in [0.5, 0.6) is 0 Å². The SMILES string of the molecule is CC(=O)c1c(C)cc(C)c(CN2CCC[C@@H]2C(=O)O)c1C. The lowest BCUT2D eigenvalue weighted by molar-refractivity contribution is -0.142. The van der Waals surface area contributed by atoms with Gasteiger partial charge in [-0.05, 0) is 69.3 Å². The van der Waals surface area contributed by atoms with Crippen molar-refractivity contribution in [2.45, 2.75) is 53.1 Å². The van der Waals surface area contributed by atoms with Crippen molar-refractivity contribution in [2.24, 2.45) is 0 Å². The van der Waals surface area contributed by atoms with Gasteiger partial charge in [0.25, 0.3) is 0 Å². The standard InChI is InChI=1S/C17H23NO3/c1-10-8-11(2)16(13(4)19)12(3)14(10)9-18-7-5-6-15(18)17(20)21/h8,15H,5-7,9H2,1-4H3,(H,20,21)/t15-/m1/s1. The first-order chi connectivity index (χ1) is 9.82. The van der Waals surface area contributed by atoms with Crippen LogP contribution in [-0.4, -0.2) is 34.3 Å². The molecule has 0 unspecified atom stereocenters. The topological polar surface area (TPSA) is 57.6 Å². The summed E-state index contributed by atoms with van der Waals surface area (Å²) in [5.74, 6) is -0.677. The summed E-state index contributed by atoms with van der Waals surface area (Å²) in [5, 5.41) is 9.29. The number of rotatable bonds is 4. The van der Waals surface area contributed by atoms with Crippen molar-refractivity contribution in [1.82, 2.24) is 4.90 Å². The first-order valence-electron chi connectivity index (χ1n) is 7.40. The predicted octanol–water partition coefficient (Wildman–Crippen LogP) is 2.86. The number of carboxylic acid groups (broad SMARTS) is 1. The smallest absolute Gasteiger partial charge is 0.320 e. The second kappa shape index (κ2) is 5.98. The Morgan fingerprint density at radius 2 is 1.95 bits per heavy atom. The van der Waals surface area contributed by atoms with E-state index < -0.39 is 12.0 Å². The van der Waals surface area contributed by atoms with E-state index in [1.54, 1.807) is 6.92 Å². The number of hydrogen-bond acceptors (Lipinski definition) is 3. The average molecular weight is 289 g/mol. The Morgan fingerprint density at radius 1 is 1.29 bits per heavy atom. The van der Waals surface area contributed by atoms with E-state index in [0.717, 1.165) is 40.8 Å². The van der Waals surface area contributed by atoms with Crippen LogP contribution in [0, 0.1) is 20.8 Å². The van der Waals surface area contributed by atoms with E-state index >= 15 is 0 Å². The number of carboxylic acids is 1. The van der Waals surface area contributed by atoms with Crippen LogP contribution < -0.4 is 0 Å². The Labute approximate surface area is 125 Å².